The number of carbonyl (C=O) groups excluding carboxylic acids is 2. The van der Waals surface area contributed by atoms with Crippen molar-refractivity contribution in [1.82, 2.24) is 4.90 Å². The van der Waals surface area contributed by atoms with Gasteiger partial charge in [0.15, 0.2) is 0 Å². The Kier molecular flexibility index (Phi) is 5.92. The average Bonchev–Trinajstić information content (AvgIpc) is 2.61. The molecule has 0 aliphatic rings. The number of carbonyl (C=O) groups is 2. The van der Waals surface area contributed by atoms with Gasteiger partial charge in [0.1, 0.15) is 0 Å². The highest BCUT2D eigenvalue weighted by Gasteiger charge is 2.22. The molecule has 4 nitrogen and oxygen atoms in total. The predicted molar refractivity (Wildman–Crippen MR) is 88.8 cm³/mol. The molecule has 1 unspecified atom stereocenters. The van der Waals surface area contributed by atoms with E-state index in [-0.39, 0.29) is 17.8 Å². The minimum absolute atomic E-state index is 0.0924. The second kappa shape index (κ2) is 8.13. The maximum absolute atomic E-state index is 12.8. The average molecular weight is 311 g/mol. The SMILES string of the molecule is COC(=O)C(C)CN(Cc1ccccc1)C(=O)c1ccccc1. The van der Waals surface area contributed by atoms with E-state index in [4.69, 9.17) is 4.74 Å². The summed E-state index contributed by atoms with van der Waals surface area (Å²) in [5.41, 5.74) is 1.63. The molecular formula is C19H21NO3. The van der Waals surface area contributed by atoms with Crippen molar-refractivity contribution in [3.05, 3.63) is 71.8 Å². The highest BCUT2D eigenvalue weighted by molar-refractivity contribution is 5.94. The van der Waals surface area contributed by atoms with Crippen LogP contribution in [0.5, 0.6) is 0 Å². The van der Waals surface area contributed by atoms with E-state index in [1.54, 1.807) is 24.0 Å². The Morgan fingerprint density at radius 1 is 1.00 bits per heavy atom. The summed E-state index contributed by atoms with van der Waals surface area (Å²) in [4.78, 5) is 26.2. The fourth-order valence-electron chi connectivity index (χ4n) is 2.39. The third kappa shape index (κ3) is 4.68. The summed E-state index contributed by atoms with van der Waals surface area (Å²) in [6.45, 7) is 2.54. The van der Waals surface area contributed by atoms with Crippen LogP contribution in [0.15, 0.2) is 60.7 Å². The standard InChI is InChI=1S/C19H21NO3/c1-15(19(22)23-2)13-20(14-16-9-5-3-6-10-16)18(21)17-11-7-4-8-12-17/h3-12,15H,13-14H2,1-2H3. The van der Waals surface area contributed by atoms with Crippen LogP contribution in [-0.2, 0) is 16.1 Å². The van der Waals surface area contributed by atoms with Crippen molar-refractivity contribution < 1.29 is 14.3 Å². The zero-order valence-electron chi connectivity index (χ0n) is 13.4. The second-order valence-electron chi connectivity index (χ2n) is 5.46. The number of amides is 1. The Labute approximate surface area is 136 Å². The van der Waals surface area contributed by atoms with Gasteiger partial charge >= 0.3 is 5.97 Å². The normalized spacial score (nSPS) is 11.6. The lowest BCUT2D eigenvalue weighted by Gasteiger charge is -2.25. The zero-order chi connectivity index (χ0) is 16.7. The van der Waals surface area contributed by atoms with Gasteiger partial charge < -0.3 is 9.64 Å². The lowest BCUT2D eigenvalue weighted by Crippen LogP contribution is -2.36. The van der Waals surface area contributed by atoms with Crippen molar-refractivity contribution in [1.29, 1.82) is 0 Å². The molecule has 0 fully saturated rings. The monoisotopic (exact) mass is 311 g/mol. The van der Waals surface area contributed by atoms with E-state index < -0.39 is 0 Å². The number of benzene rings is 2. The smallest absolute Gasteiger partial charge is 0.310 e. The molecule has 0 radical (unpaired) electrons. The van der Waals surface area contributed by atoms with Crippen LogP contribution in [-0.4, -0.2) is 30.4 Å². The molecule has 2 aromatic rings. The molecule has 23 heavy (non-hydrogen) atoms. The van der Waals surface area contributed by atoms with E-state index in [9.17, 15) is 9.59 Å². The largest absolute Gasteiger partial charge is 0.469 e. The quantitative estimate of drug-likeness (QED) is 0.770. The summed E-state index contributed by atoms with van der Waals surface area (Å²) in [6.07, 6.45) is 0. The number of rotatable bonds is 6. The van der Waals surface area contributed by atoms with Crippen LogP contribution in [0, 0.1) is 5.92 Å². The maximum Gasteiger partial charge on any atom is 0.310 e. The maximum atomic E-state index is 12.8. The fourth-order valence-corrected chi connectivity index (χ4v) is 2.39. The van der Waals surface area contributed by atoms with E-state index in [0.717, 1.165) is 5.56 Å². The Morgan fingerprint density at radius 3 is 2.13 bits per heavy atom. The van der Waals surface area contributed by atoms with Crippen molar-refractivity contribution in [2.24, 2.45) is 5.92 Å². The first-order valence-electron chi connectivity index (χ1n) is 7.58. The van der Waals surface area contributed by atoms with Crippen LogP contribution >= 0.6 is 0 Å². The van der Waals surface area contributed by atoms with Gasteiger partial charge in [-0.2, -0.15) is 0 Å². The molecule has 0 aliphatic heterocycles. The molecule has 0 spiro atoms. The molecule has 1 amide bonds. The highest BCUT2D eigenvalue weighted by atomic mass is 16.5. The number of hydrogen-bond donors (Lipinski definition) is 0. The van der Waals surface area contributed by atoms with Crippen molar-refractivity contribution in [2.45, 2.75) is 13.5 Å². The van der Waals surface area contributed by atoms with Gasteiger partial charge in [0, 0.05) is 18.7 Å². The van der Waals surface area contributed by atoms with Crippen molar-refractivity contribution in [2.75, 3.05) is 13.7 Å². The molecule has 4 heteroatoms. The Morgan fingerprint density at radius 2 is 1.57 bits per heavy atom. The number of ether oxygens (including phenoxy) is 1. The zero-order valence-corrected chi connectivity index (χ0v) is 13.4. The summed E-state index contributed by atoms with van der Waals surface area (Å²) in [6, 6.07) is 18.8. The van der Waals surface area contributed by atoms with Gasteiger partial charge in [-0.15, -0.1) is 0 Å². The highest BCUT2D eigenvalue weighted by Crippen LogP contribution is 2.13. The van der Waals surface area contributed by atoms with Gasteiger partial charge in [0.2, 0.25) is 0 Å². The molecule has 0 saturated carbocycles. The molecule has 0 aliphatic carbocycles. The van der Waals surface area contributed by atoms with E-state index in [0.29, 0.717) is 18.7 Å². The van der Waals surface area contributed by atoms with Crippen molar-refractivity contribution in [3.63, 3.8) is 0 Å². The van der Waals surface area contributed by atoms with Gasteiger partial charge in [-0.1, -0.05) is 55.5 Å². The molecule has 0 N–H and O–H groups in total. The van der Waals surface area contributed by atoms with E-state index in [2.05, 4.69) is 0 Å². The van der Waals surface area contributed by atoms with Gasteiger partial charge in [-0.25, -0.2) is 0 Å². The van der Waals surface area contributed by atoms with Crippen molar-refractivity contribution >= 4 is 11.9 Å². The molecule has 0 saturated heterocycles. The summed E-state index contributed by atoms with van der Waals surface area (Å²) in [7, 11) is 1.36. The molecule has 0 aromatic heterocycles. The molecular weight excluding hydrogens is 290 g/mol. The predicted octanol–water partition coefficient (Wildman–Crippen LogP) is 3.14. The molecule has 2 rings (SSSR count). The fraction of sp³-hybridized carbons (Fsp3) is 0.263. The molecule has 0 heterocycles. The lowest BCUT2D eigenvalue weighted by atomic mass is 10.1. The van der Waals surface area contributed by atoms with Crippen LogP contribution in [0.3, 0.4) is 0 Å². The summed E-state index contributed by atoms with van der Waals surface area (Å²) in [5.74, 6) is -0.787. The summed E-state index contributed by atoms with van der Waals surface area (Å²) in [5, 5.41) is 0. The minimum Gasteiger partial charge on any atom is -0.469 e. The number of esters is 1. The molecule has 0 bridgehead atoms. The first-order valence-corrected chi connectivity index (χ1v) is 7.58. The Balaban J connectivity index is 2.20. The Hall–Kier alpha value is -2.62. The van der Waals surface area contributed by atoms with E-state index >= 15 is 0 Å². The summed E-state index contributed by atoms with van der Waals surface area (Å²) < 4.78 is 4.77. The summed E-state index contributed by atoms with van der Waals surface area (Å²) >= 11 is 0. The third-order valence-corrected chi connectivity index (χ3v) is 3.62. The number of hydrogen-bond acceptors (Lipinski definition) is 3. The van der Waals surface area contributed by atoms with Gasteiger partial charge in [0.25, 0.3) is 5.91 Å². The van der Waals surface area contributed by atoms with Crippen LogP contribution in [0.4, 0.5) is 0 Å². The molecule has 2 aromatic carbocycles. The van der Waals surface area contributed by atoms with E-state index in [1.165, 1.54) is 7.11 Å². The molecule has 120 valence electrons. The number of nitrogens with zero attached hydrogens (tertiary/aromatic N) is 1. The van der Waals surface area contributed by atoms with Crippen LogP contribution < -0.4 is 0 Å². The van der Waals surface area contributed by atoms with Crippen LogP contribution in [0.1, 0.15) is 22.8 Å². The lowest BCUT2D eigenvalue weighted by molar-refractivity contribution is -0.145. The van der Waals surface area contributed by atoms with Gasteiger partial charge in [-0.3, -0.25) is 9.59 Å². The van der Waals surface area contributed by atoms with Gasteiger partial charge in [-0.05, 0) is 17.7 Å². The van der Waals surface area contributed by atoms with Crippen molar-refractivity contribution in [3.8, 4) is 0 Å². The van der Waals surface area contributed by atoms with Gasteiger partial charge in [0.05, 0.1) is 13.0 Å². The Bertz CT molecular complexity index is 640. The molecule has 1 atom stereocenters. The topological polar surface area (TPSA) is 46.6 Å². The van der Waals surface area contributed by atoms with E-state index in [1.807, 2.05) is 48.5 Å². The minimum atomic E-state index is -0.378. The third-order valence-electron chi connectivity index (χ3n) is 3.62. The number of methoxy groups -OCH3 is 1. The second-order valence-corrected chi connectivity index (χ2v) is 5.46. The van der Waals surface area contributed by atoms with Crippen LogP contribution in [0.2, 0.25) is 0 Å². The first-order chi connectivity index (χ1) is 11.1. The first kappa shape index (κ1) is 16.7. The van der Waals surface area contributed by atoms with Crippen LogP contribution in [0.25, 0.3) is 0 Å².